The molecule has 0 heterocycles. The Labute approximate surface area is 178 Å². The highest BCUT2D eigenvalue weighted by Gasteiger charge is 2.69. The van der Waals surface area contributed by atoms with E-state index in [0.717, 1.165) is 30.6 Å². The number of esters is 1. The third-order valence-corrected chi connectivity index (χ3v) is 8.74. The van der Waals surface area contributed by atoms with Gasteiger partial charge >= 0.3 is 5.97 Å². The van der Waals surface area contributed by atoms with Crippen LogP contribution < -0.4 is 0 Å². The number of ether oxygens (including phenoxy) is 2. The molecule has 0 aromatic carbocycles. The normalized spacial score (nSPS) is 42.4. The summed E-state index contributed by atoms with van der Waals surface area (Å²) in [5.41, 5.74) is -0.198. The highest BCUT2D eigenvalue weighted by molar-refractivity contribution is 5.93. The zero-order valence-corrected chi connectivity index (χ0v) is 18.7. The maximum atomic E-state index is 13.0. The van der Waals surface area contributed by atoms with Crippen molar-refractivity contribution in [3.63, 3.8) is 0 Å². The Morgan fingerprint density at radius 2 is 1.87 bits per heavy atom. The van der Waals surface area contributed by atoms with Crippen LogP contribution in [0.3, 0.4) is 0 Å². The molecular weight excluding hydrogens is 380 g/mol. The van der Waals surface area contributed by atoms with Gasteiger partial charge in [-0.25, -0.2) is 0 Å². The van der Waals surface area contributed by atoms with E-state index in [2.05, 4.69) is 26.5 Å². The number of rotatable bonds is 3. The lowest BCUT2D eigenvalue weighted by Crippen LogP contribution is -2.58. The van der Waals surface area contributed by atoms with Crippen LogP contribution in [0.2, 0.25) is 0 Å². The van der Waals surface area contributed by atoms with E-state index >= 15 is 0 Å². The van der Waals surface area contributed by atoms with Crippen molar-refractivity contribution in [2.45, 2.75) is 65.4 Å². The molecule has 0 aromatic heterocycles. The predicted octanol–water partition coefficient (Wildman–Crippen LogP) is 4.33. The van der Waals surface area contributed by atoms with Crippen molar-refractivity contribution in [1.29, 1.82) is 0 Å². The van der Waals surface area contributed by atoms with E-state index < -0.39 is 17.0 Å². The minimum Gasteiger partial charge on any atom is -0.497 e. The molecule has 0 bridgehead atoms. The molecule has 0 radical (unpaired) electrons. The molecule has 0 aromatic rings. The second kappa shape index (κ2) is 6.66. The van der Waals surface area contributed by atoms with Crippen molar-refractivity contribution in [2.75, 3.05) is 7.11 Å². The number of methoxy groups -OCH3 is 1. The minimum absolute atomic E-state index is 0.119. The molecule has 0 saturated heterocycles. The highest BCUT2D eigenvalue weighted by atomic mass is 16.6. The van der Waals surface area contributed by atoms with Gasteiger partial charge < -0.3 is 9.47 Å². The molecule has 2 fully saturated rings. The fourth-order valence-corrected chi connectivity index (χ4v) is 7.35. The van der Waals surface area contributed by atoms with E-state index in [4.69, 9.17) is 9.47 Å². The van der Waals surface area contributed by atoms with Crippen LogP contribution in [0.15, 0.2) is 35.6 Å². The van der Waals surface area contributed by atoms with Gasteiger partial charge in [-0.05, 0) is 68.1 Å². The Morgan fingerprint density at radius 3 is 2.47 bits per heavy atom. The molecule has 0 N–H and O–H groups in total. The summed E-state index contributed by atoms with van der Waals surface area (Å²) in [6.07, 6.45) is 7.62. The second-order valence-corrected chi connectivity index (χ2v) is 10.1. The van der Waals surface area contributed by atoms with Gasteiger partial charge in [-0.1, -0.05) is 20.4 Å². The number of carbonyl (C=O) groups excluding carboxylic acids is 3. The van der Waals surface area contributed by atoms with Gasteiger partial charge in [-0.2, -0.15) is 0 Å². The van der Waals surface area contributed by atoms with Crippen LogP contribution in [0.1, 0.15) is 59.8 Å². The van der Waals surface area contributed by atoms with Crippen LogP contribution in [-0.2, 0) is 23.9 Å². The van der Waals surface area contributed by atoms with Crippen molar-refractivity contribution >= 4 is 17.5 Å². The first-order valence-electron chi connectivity index (χ1n) is 10.9. The Bertz CT molecular complexity index is 910. The first-order valence-corrected chi connectivity index (χ1v) is 10.9. The molecule has 4 aliphatic rings. The molecule has 30 heavy (non-hydrogen) atoms. The first-order chi connectivity index (χ1) is 14.0. The van der Waals surface area contributed by atoms with Crippen molar-refractivity contribution < 1.29 is 23.9 Å². The lowest BCUT2D eigenvalue weighted by atomic mass is 9.47. The summed E-state index contributed by atoms with van der Waals surface area (Å²) >= 11 is 0. The molecule has 0 unspecified atom stereocenters. The maximum Gasteiger partial charge on any atom is 0.303 e. The number of fused-ring (bicyclic) bond motifs is 5. The van der Waals surface area contributed by atoms with Crippen molar-refractivity contribution in [2.24, 2.45) is 28.6 Å². The summed E-state index contributed by atoms with van der Waals surface area (Å²) in [5, 5.41) is 0. The van der Waals surface area contributed by atoms with Gasteiger partial charge in [0.25, 0.3) is 0 Å². The van der Waals surface area contributed by atoms with E-state index in [1.54, 1.807) is 13.2 Å². The molecule has 4 aliphatic carbocycles. The Morgan fingerprint density at radius 1 is 1.17 bits per heavy atom. The molecule has 0 spiro atoms. The standard InChI is InChI=1S/C25H32O5/c1-14-11-20-18-13-22(29-6)21-12-17(28)7-9-23(21,4)19(18)8-10-24(20,5)25(14,15(2)26)30-16(3)27/h12-13,18-20H,1,7-11H2,2-6H3/t18-,19+,20+,23+,24+,25+/m0/s1. The van der Waals surface area contributed by atoms with Gasteiger partial charge in [-0.3, -0.25) is 14.4 Å². The summed E-state index contributed by atoms with van der Waals surface area (Å²) in [5.74, 6) is 0.971. The summed E-state index contributed by atoms with van der Waals surface area (Å²) in [7, 11) is 1.65. The van der Waals surface area contributed by atoms with E-state index in [1.807, 2.05) is 0 Å². The minimum atomic E-state index is -1.27. The maximum absolute atomic E-state index is 13.0. The first kappa shape index (κ1) is 21.1. The van der Waals surface area contributed by atoms with Gasteiger partial charge in [0.2, 0.25) is 0 Å². The van der Waals surface area contributed by atoms with Gasteiger partial charge in [0.15, 0.2) is 17.2 Å². The van der Waals surface area contributed by atoms with Crippen LogP contribution in [0.4, 0.5) is 0 Å². The Kier molecular flexibility index (Phi) is 4.68. The Balaban J connectivity index is 1.86. The highest BCUT2D eigenvalue weighted by Crippen LogP contribution is 2.68. The summed E-state index contributed by atoms with van der Waals surface area (Å²) < 4.78 is 11.6. The van der Waals surface area contributed by atoms with Gasteiger partial charge in [0.1, 0.15) is 5.76 Å². The van der Waals surface area contributed by atoms with Crippen LogP contribution in [0, 0.1) is 28.6 Å². The monoisotopic (exact) mass is 412 g/mol. The van der Waals surface area contributed by atoms with E-state index in [-0.39, 0.29) is 28.8 Å². The molecule has 0 aliphatic heterocycles. The molecule has 0 amide bonds. The molecule has 2 saturated carbocycles. The lowest BCUT2D eigenvalue weighted by molar-refractivity contribution is -0.179. The van der Waals surface area contributed by atoms with Crippen LogP contribution in [0.5, 0.6) is 0 Å². The largest absolute Gasteiger partial charge is 0.497 e. The SMILES string of the molecule is C=C1C[C@@H]2[C@H]3C=C(OC)C4=CC(=O)CC[C@]4(C)[C@@H]3CC[C@@]2(C)[C@]1(OC(C)=O)C(C)=O. The average molecular weight is 413 g/mol. The number of hydrogen-bond acceptors (Lipinski definition) is 5. The smallest absolute Gasteiger partial charge is 0.303 e. The quantitative estimate of drug-likeness (QED) is 0.510. The zero-order valence-electron chi connectivity index (χ0n) is 18.7. The number of carbonyl (C=O) groups is 3. The van der Waals surface area contributed by atoms with Gasteiger partial charge in [0.05, 0.1) is 7.11 Å². The van der Waals surface area contributed by atoms with Crippen molar-refractivity contribution in [3.8, 4) is 0 Å². The average Bonchev–Trinajstić information content (AvgIpc) is 2.90. The van der Waals surface area contributed by atoms with E-state index in [0.29, 0.717) is 24.3 Å². The van der Waals surface area contributed by atoms with Gasteiger partial charge in [-0.15, -0.1) is 0 Å². The number of Topliss-reactive ketones (excluding diaryl/α,β-unsaturated/α-hetero) is 1. The second-order valence-electron chi connectivity index (χ2n) is 10.1. The molecule has 6 atom stereocenters. The van der Waals surface area contributed by atoms with Crippen LogP contribution >= 0.6 is 0 Å². The topological polar surface area (TPSA) is 69.7 Å². The fourth-order valence-electron chi connectivity index (χ4n) is 7.35. The third-order valence-electron chi connectivity index (χ3n) is 8.74. The van der Waals surface area contributed by atoms with Crippen molar-refractivity contribution in [3.05, 3.63) is 35.6 Å². The molecular formula is C25H32O5. The molecule has 162 valence electrons. The number of hydrogen-bond donors (Lipinski definition) is 0. The molecule has 5 nitrogen and oxygen atoms in total. The summed E-state index contributed by atoms with van der Waals surface area (Å²) in [6.45, 7) is 11.5. The lowest BCUT2D eigenvalue weighted by Gasteiger charge is -2.57. The van der Waals surface area contributed by atoms with E-state index in [9.17, 15) is 14.4 Å². The summed E-state index contributed by atoms with van der Waals surface area (Å²) in [4.78, 5) is 37.2. The Hall–Kier alpha value is -2.17. The van der Waals surface area contributed by atoms with Crippen LogP contribution in [-0.4, -0.2) is 30.2 Å². The van der Waals surface area contributed by atoms with Crippen molar-refractivity contribution in [1.82, 2.24) is 0 Å². The van der Waals surface area contributed by atoms with Gasteiger partial charge in [0, 0.05) is 29.7 Å². The zero-order chi connectivity index (χ0) is 22.1. The predicted molar refractivity (Wildman–Crippen MR) is 112 cm³/mol. The third kappa shape index (κ3) is 2.50. The van der Waals surface area contributed by atoms with E-state index in [1.165, 1.54) is 13.8 Å². The fraction of sp³-hybridized carbons (Fsp3) is 0.640. The van der Waals surface area contributed by atoms with Crippen LogP contribution in [0.25, 0.3) is 0 Å². The molecule has 5 heteroatoms. The molecule has 4 rings (SSSR count). The summed E-state index contributed by atoms with van der Waals surface area (Å²) in [6, 6.07) is 0. The number of allylic oxidation sites excluding steroid dienone is 3. The number of ketones is 2.